The monoisotopic (exact) mass is 334 g/mol. The number of rotatable bonds is 5. The number of carbonyl (C=O) groups is 2. The summed E-state index contributed by atoms with van der Waals surface area (Å²) < 4.78 is 23.4. The third-order valence-electron chi connectivity index (χ3n) is 2.95. The van der Waals surface area contributed by atoms with Crippen LogP contribution in [0.15, 0.2) is 47.4 Å². The molecule has 0 aliphatic rings. The predicted molar refractivity (Wildman–Crippen MR) is 85.3 cm³/mol. The fraction of sp³-hybridized carbons (Fsp3) is 0.176. The van der Waals surface area contributed by atoms with Crippen molar-refractivity contribution >= 4 is 23.7 Å². The Labute approximate surface area is 137 Å². The molecule has 0 N–H and O–H groups in total. The van der Waals surface area contributed by atoms with Gasteiger partial charge in [-0.2, -0.15) is 0 Å². The summed E-state index contributed by atoms with van der Waals surface area (Å²) in [7, 11) is 1.25. The molecule has 0 atom stereocenters. The van der Waals surface area contributed by atoms with Crippen molar-refractivity contribution < 1.29 is 23.5 Å². The Kier molecular flexibility index (Phi) is 5.76. The van der Waals surface area contributed by atoms with E-state index in [9.17, 15) is 14.0 Å². The van der Waals surface area contributed by atoms with Gasteiger partial charge in [0.2, 0.25) is 0 Å². The normalized spacial score (nSPS) is 10.2. The van der Waals surface area contributed by atoms with E-state index in [0.29, 0.717) is 4.90 Å². The summed E-state index contributed by atoms with van der Waals surface area (Å²) >= 11 is 1.03. The molecule has 2 aromatic carbocycles. The van der Waals surface area contributed by atoms with Gasteiger partial charge in [0.15, 0.2) is 0 Å². The van der Waals surface area contributed by atoms with E-state index < -0.39 is 17.8 Å². The second-order valence-corrected chi connectivity index (χ2v) is 5.70. The first-order valence-corrected chi connectivity index (χ1v) is 7.77. The minimum Gasteiger partial charge on any atom is -0.465 e. The van der Waals surface area contributed by atoms with E-state index in [2.05, 4.69) is 4.74 Å². The fourth-order valence-corrected chi connectivity index (χ4v) is 2.57. The van der Waals surface area contributed by atoms with Crippen molar-refractivity contribution in [2.75, 3.05) is 12.9 Å². The van der Waals surface area contributed by atoms with Crippen LogP contribution >= 0.6 is 11.8 Å². The summed E-state index contributed by atoms with van der Waals surface area (Å²) in [4.78, 5) is 24.0. The van der Waals surface area contributed by atoms with Gasteiger partial charge in [-0.05, 0) is 36.8 Å². The lowest BCUT2D eigenvalue weighted by Gasteiger charge is -2.09. The zero-order valence-corrected chi connectivity index (χ0v) is 13.5. The summed E-state index contributed by atoms with van der Waals surface area (Å²) in [5, 5.41) is 0. The highest BCUT2D eigenvalue weighted by Gasteiger charge is 2.16. The van der Waals surface area contributed by atoms with Crippen molar-refractivity contribution in [2.45, 2.75) is 11.8 Å². The lowest BCUT2D eigenvalue weighted by atomic mass is 10.1. The Hall–Kier alpha value is -2.34. The molecule has 0 aliphatic heterocycles. The van der Waals surface area contributed by atoms with Crippen molar-refractivity contribution in [3.05, 3.63) is 59.4 Å². The third-order valence-corrected chi connectivity index (χ3v) is 3.97. The van der Waals surface area contributed by atoms with E-state index in [-0.39, 0.29) is 17.1 Å². The van der Waals surface area contributed by atoms with Crippen LogP contribution in [0.2, 0.25) is 0 Å². The van der Waals surface area contributed by atoms with Gasteiger partial charge in [-0.15, -0.1) is 11.8 Å². The molecule has 0 spiro atoms. The molecule has 0 unspecified atom stereocenters. The summed E-state index contributed by atoms with van der Waals surface area (Å²) in [5.41, 5.74) is 1.02. The molecule has 23 heavy (non-hydrogen) atoms. The molecule has 0 amide bonds. The van der Waals surface area contributed by atoms with Gasteiger partial charge in [0.05, 0.1) is 12.9 Å². The smallest absolute Gasteiger partial charge is 0.341 e. The van der Waals surface area contributed by atoms with Gasteiger partial charge < -0.3 is 9.47 Å². The fourth-order valence-electron chi connectivity index (χ4n) is 1.85. The second-order valence-electron chi connectivity index (χ2n) is 4.68. The first-order valence-electron chi connectivity index (χ1n) is 6.78. The largest absolute Gasteiger partial charge is 0.465 e. The van der Waals surface area contributed by atoms with Gasteiger partial charge in [0.1, 0.15) is 17.1 Å². The molecule has 0 aromatic heterocycles. The number of methoxy groups -OCH3 is 1. The van der Waals surface area contributed by atoms with Crippen molar-refractivity contribution in [2.24, 2.45) is 0 Å². The minimum absolute atomic E-state index is 0.0740. The summed E-state index contributed by atoms with van der Waals surface area (Å²) in [6, 6.07) is 11.0. The molecule has 0 heterocycles. The van der Waals surface area contributed by atoms with Crippen molar-refractivity contribution in [3.63, 3.8) is 0 Å². The molecular weight excluding hydrogens is 319 g/mol. The Balaban J connectivity index is 2.06. The van der Waals surface area contributed by atoms with Gasteiger partial charge in [0.25, 0.3) is 0 Å². The first-order chi connectivity index (χ1) is 11.0. The third kappa shape index (κ3) is 4.56. The average molecular weight is 334 g/mol. The van der Waals surface area contributed by atoms with E-state index in [1.807, 2.05) is 6.92 Å². The number of thioether (sulfide) groups is 1. The molecule has 0 radical (unpaired) electrons. The summed E-state index contributed by atoms with van der Waals surface area (Å²) in [6.07, 6.45) is 0. The van der Waals surface area contributed by atoms with Crippen LogP contribution in [0, 0.1) is 12.7 Å². The van der Waals surface area contributed by atoms with Gasteiger partial charge in [0, 0.05) is 4.90 Å². The van der Waals surface area contributed by atoms with Crippen LogP contribution in [0.3, 0.4) is 0 Å². The van der Waals surface area contributed by atoms with Crippen LogP contribution in [-0.4, -0.2) is 24.8 Å². The maximum atomic E-state index is 13.5. The van der Waals surface area contributed by atoms with Crippen LogP contribution in [0.25, 0.3) is 0 Å². The van der Waals surface area contributed by atoms with Gasteiger partial charge >= 0.3 is 11.9 Å². The number of ether oxygens (including phenoxy) is 2. The molecule has 6 heteroatoms. The molecule has 0 bridgehead atoms. The zero-order valence-electron chi connectivity index (χ0n) is 12.7. The van der Waals surface area contributed by atoms with Gasteiger partial charge in [-0.25, -0.2) is 9.18 Å². The number of hydrogen-bond acceptors (Lipinski definition) is 5. The maximum Gasteiger partial charge on any atom is 0.341 e. The highest BCUT2D eigenvalue weighted by molar-refractivity contribution is 8.00. The SMILES string of the molecule is COC(=O)c1cc(C)ccc1OC(=O)CSc1ccccc1F. The molecular formula is C17H15FO4S. The molecule has 120 valence electrons. The van der Waals surface area contributed by atoms with Crippen LogP contribution in [0.1, 0.15) is 15.9 Å². The summed E-state index contributed by atoms with van der Waals surface area (Å²) in [5.74, 6) is -1.50. The predicted octanol–water partition coefficient (Wildman–Crippen LogP) is 3.62. The standard InChI is InChI=1S/C17H15FO4S/c1-11-7-8-14(12(9-11)17(20)21-2)22-16(19)10-23-15-6-4-3-5-13(15)18/h3-9H,10H2,1-2H3. The molecule has 4 nitrogen and oxygen atoms in total. The maximum absolute atomic E-state index is 13.5. The number of hydrogen-bond donors (Lipinski definition) is 0. The molecule has 0 saturated heterocycles. The topological polar surface area (TPSA) is 52.6 Å². The second kappa shape index (κ2) is 7.78. The number of esters is 2. The summed E-state index contributed by atoms with van der Waals surface area (Å²) in [6.45, 7) is 1.81. The van der Waals surface area contributed by atoms with E-state index in [4.69, 9.17) is 4.74 Å². The van der Waals surface area contributed by atoms with E-state index in [1.165, 1.54) is 19.2 Å². The zero-order chi connectivity index (χ0) is 16.8. The Morgan fingerprint density at radius 2 is 1.91 bits per heavy atom. The molecule has 2 rings (SSSR count). The number of benzene rings is 2. The highest BCUT2D eigenvalue weighted by atomic mass is 32.2. The number of halogens is 1. The highest BCUT2D eigenvalue weighted by Crippen LogP contribution is 2.24. The van der Waals surface area contributed by atoms with E-state index >= 15 is 0 Å². The first kappa shape index (κ1) is 17.0. The Bertz CT molecular complexity index is 730. The quantitative estimate of drug-likeness (QED) is 0.475. The number of aryl methyl sites for hydroxylation is 1. The van der Waals surface area contributed by atoms with Crippen molar-refractivity contribution in [1.29, 1.82) is 0 Å². The van der Waals surface area contributed by atoms with Crippen molar-refractivity contribution in [3.8, 4) is 5.75 Å². The Morgan fingerprint density at radius 1 is 1.17 bits per heavy atom. The average Bonchev–Trinajstić information content (AvgIpc) is 2.55. The van der Waals surface area contributed by atoms with Crippen LogP contribution < -0.4 is 4.74 Å². The molecule has 0 fully saturated rings. The minimum atomic E-state index is -0.585. The molecule has 2 aromatic rings. The Morgan fingerprint density at radius 3 is 2.61 bits per heavy atom. The van der Waals surface area contributed by atoms with E-state index in [1.54, 1.807) is 30.3 Å². The van der Waals surface area contributed by atoms with Crippen molar-refractivity contribution in [1.82, 2.24) is 0 Å². The van der Waals surface area contributed by atoms with Crippen LogP contribution in [0.5, 0.6) is 5.75 Å². The molecule has 0 aliphatic carbocycles. The van der Waals surface area contributed by atoms with Crippen LogP contribution in [-0.2, 0) is 9.53 Å². The number of carbonyl (C=O) groups excluding carboxylic acids is 2. The lowest BCUT2D eigenvalue weighted by molar-refractivity contribution is -0.131. The van der Waals surface area contributed by atoms with E-state index in [0.717, 1.165) is 17.3 Å². The molecule has 0 saturated carbocycles. The van der Waals surface area contributed by atoms with Gasteiger partial charge in [-0.1, -0.05) is 18.2 Å². The van der Waals surface area contributed by atoms with Crippen LogP contribution in [0.4, 0.5) is 4.39 Å². The lowest BCUT2D eigenvalue weighted by Crippen LogP contribution is -2.14. The van der Waals surface area contributed by atoms with Gasteiger partial charge in [-0.3, -0.25) is 4.79 Å².